The van der Waals surface area contributed by atoms with Crippen LogP contribution < -0.4 is 4.74 Å². The standard InChI is InChI=1S/C20H20FNO4/c1-12(2)22-11-16(19(25-3)20(22)24)18(23)17-9-8-15(26-17)10-13-4-6-14(21)7-5-13/h4-9,11-12,24H,10H2,1-3H3. The first-order valence-corrected chi connectivity index (χ1v) is 8.26. The van der Waals surface area contributed by atoms with Crippen molar-refractivity contribution >= 4 is 5.78 Å². The van der Waals surface area contributed by atoms with Crippen LogP contribution in [0.25, 0.3) is 0 Å². The number of hydrogen-bond donors (Lipinski definition) is 1. The van der Waals surface area contributed by atoms with Crippen molar-refractivity contribution in [2.45, 2.75) is 26.3 Å². The van der Waals surface area contributed by atoms with Gasteiger partial charge in [-0.25, -0.2) is 4.39 Å². The molecule has 0 bridgehead atoms. The van der Waals surface area contributed by atoms with Crippen LogP contribution in [0.15, 0.2) is 47.0 Å². The zero-order chi connectivity index (χ0) is 18.8. The van der Waals surface area contributed by atoms with Crippen LogP contribution in [0.3, 0.4) is 0 Å². The largest absolute Gasteiger partial charge is 0.492 e. The number of nitrogens with zero attached hydrogens (tertiary/aromatic N) is 1. The molecule has 1 N–H and O–H groups in total. The molecule has 0 saturated heterocycles. The van der Waals surface area contributed by atoms with Crippen molar-refractivity contribution in [1.82, 2.24) is 4.57 Å². The van der Waals surface area contributed by atoms with E-state index in [2.05, 4.69) is 0 Å². The Morgan fingerprint density at radius 3 is 2.54 bits per heavy atom. The van der Waals surface area contributed by atoms with Gasteiger partial charge in [0, 0.05) is 18.7 Å². The number of hydrogen-bond acceptors (Lipinski definition) is 4. The summed E-state index contributed by atoms with van der Waals surface area (Å²) in [5, 5.41) is 10.2. The molecule has 0 aliphatic rings. The molecule has 0 saturated carbocycles. The maximum Gasteiger partial charge on any atom is 0.235 e. The van der Waals surface area contributed by atoms with E-state index in [-0.39, 0.29) is 40.6 Å². The van der Waals surface area contributed by atoms with Gasteiger partial charge in [-0.05, 0) is 43.7 Å². The van der Waals surface area contributed by atoms with Crippen molar-refractivity contribution in [1.29, 1.82) is 0 Å². The Labute approximate surface area is 150 Å². The van der Waals surface area contributed by atoms with Crippen LogP contribution in [0, 0.1) is 5.82 Å². The summed E-state index contributed by atoms with van der Waals surface area (Å²) in [6, 6.07) is 9.37. The Hall–Kier alpha value is -3.02. The highest BCUT2D eigenvalue weighted by Gasteiger charge is 2.25. The van der Waals surface area contributed by atoms with Crippen molar-refractivity contribution in [2.75, 3.05) is 7.11 Å². The first kappa shape index (κ1) is 17.8. The summed E-state index contributed by atoms with van der Waals surface area (Å²) in [5.74, 6) is 0.101. The zero-order valence-electron chi connectivity index (χ0n) is 14.8. The number of methoxy groups -OCH3 is 1. The summed E-state index contributed by atoms with van der Waals surface area (Å²) in [7, 11) is 1.40. The van der Waals surface area contributed by atoms with E-state index in [0.717, 1.165) is 5.56 Å². The maximum absolute atomic E-state index is 13.0. The van der Waals surface area contributed by atoms with Gasteiger partial charge in [0.05, 0.1) is 12.7 Å². The predicted molar refractivity (Wildman–Crippen MR) is 94.4 cm³/mol. The molecule has 2 aromatic heterocycles. The summed E-state index contributed by atoms with van der Waals surface area (Å²) in [5.41, 5.74) is 1.11. The number of carbonyl (C=O) groups excluding carboxylic acids is 1. The number of benzene rings is 1. The molecule has 2 heterocycles. The Morgan fingerprint density at radius 1 is 1.23 bits per heavy atom. The second-order valence-corrected chi connectivity index (χ2v) is 6.30. The molecule has 3 rings (SSSR count). The molecule has 1 aromatic carbocycles. The highest BCUT2D eigenvalue weighted by Crippen LogP contribution is 2.36. The van der Waals surface area contributed by atoms with Gasteiger partial charge in [0.1, 0.15) is 11.6 Å². The molecular weight excluding hydrogens is 337 g/mol. The molecule has 0 unspecified atom stereocenters. The van der Waals surface area contributed by atoms with Crippen LogP contribution >= 0.6 is 0 Å². The number of carbonyl (C=O) groups is 1. The average molecular weight is 357 g/mol. The van der Waals surface area contributed by atoms with Crippen molar-refractivity contribution < 1.29 is 23.4 Å². The first-order valence-electron chi connectivity index (χ1n) is 8.26. The van der Waals surface area contributed by atoms with E-state index in [1.54, 1.807) is 35.0 Å². The van der Waals surface area contributed by atoms with Crippen LogP contribution in [-0.4, -0.2) is 22.6 Å². The van der Waals surface area contributed by atoms with Crippen LogP contribution in [0.2, 0.25) is 0 Å². The lowest BCUT2D eigenvalue weighted by Gasteiger charge is -2.08. The maximum atomic E-state index is 13.0. The summed E-state index contributed by atoms with van der Waals surface area (Å²) in [6.07, 6.45) is 2.01. The van der Waals surface area contributed by atoms with Gasteiger partial charge < -0.3 is 18.8 Å². The van der Waals surface area contributed by atoms with Gasteiger partial charge in [-0.1, -0.05) is 12.1 Å². The SMILES string of the molecule is COc1c(C(=O)c2ccc(Cc3ccc(F)cc3)o2)cn(C(C)C)c1O. The van der Waals surface area contributed by atoms with Gasteiger partial charge in [0.25, 0.3) is 0 Å². The summed E-state index contributed by atoms with van der Waals surface area (Å²) in [4.78, 5) is 12.8. The third-order valence-corrected chi connectivity index (χ3v) is 4.14. The van der Waals surface area contributed by atoms with Gasteiger partial charge in [0.2, 0.25) is 11.7 Å². The fourth-order valence-electron chi connectivity index (χ4n) is 2.78. The van der Waals surface area contributed by atoms with Crippen LogP contribution in [-0.2, 0) is 6.42 Å². The molecule has 0 fully saturated rings. The number of halogens is 1. The lowest BCUT2D eigenvalue weighted by atomic mass is 10.1. The zero-order valence-corrected chi connectivity index (χ0v) is 14.8. The van der Waals surface area contributed by atoms with E-state index >= 15 is 0 Å². The second kappa shape index (κ2) is 7.07. The number of furan rings is 1. The molecule has 3 aromatic rings. The minimum Gasteiger partial charge on any atom is -0.492 e. The highest BCUT2D eigenvalue weighted by atomic mass is 19.1. The van der Waals surface area contributed by atoms with E-state index in [4.69, 9.17) is 9.15 Å². The van der Waals surface area contributed by atoms with Gasteiger partial charge in [-0.15, -0.1) is 0 Å². The van der Waals surface area contributed by atoms with E-state index in [9.17, 15) is 14.3 Å². The quantitative estimate of drug-likeness (QED) is 0.667. The van der Waals surface area contributed by atoms with E-state index in [0.29, 0.717) is 12.2 Å². The molecule has 0 atom stereocenters. The Balaban J connectivity index is 1.86. The van der Waals surface area contributed by atoms with Crippen LogP contribution in [0.1, 0.15) is 47.3 Å². The number of ether oxygens (including phenoxy) is 1. The van der Waals surface area contributed by atoms with E-state index in [1.165, 1.54) is 19.2 Å². The van der Waals surface area contributed by atoms with E-state index in [1.807, 2.05) is 13.8 Å². The molecule has 0 aliphatic heterocycles. The Kier molecular flexibility index (Phi) is 4.84. The lowest BCUT2D eigenvalue weighted by molar-refractivity contribution is 0.100. The highest BCUT2D eigenvalue weighted by molar-refractivity contribution is 6.09. The second-order valence-electron chi connectivity index (χ2n) is 6.30. The number of aromatic hydroxyl groups is 1. The first-order chi connectivity index (χ1) is 12.4. The summed E-state index contributed by atoms with van der Waals surface area (Å²) < 4.78 is 25.4. The molecule has 0 aliphatic carbocycles. The third kappa shape index (κ3) is 3.35. The van der Waals surface area contributed by atoms with E-state index < -0.39 is 0 Å². The predicted octanol–water partition coefficient (Wildman–Crippen LogP) is 4.34. The molecule has 136 valence electrons. The van der Waals surface area contributed by atoms with Crippen molar-refractivity contribution in [3.05, 3.63) is 71.1 Å². The monoisotopic (exact) mass is 357 g/mol. The topological polar surface area (TPSA) is 64.6 Å². The lowest BCUT2D eigenvalue weighted by Crippen LogP contribution is -2.01. The van der Waals surface area contributed by atoms with Gasteiger partial charge in [-0.2, -0.15) is 0 Å². The summed E-state index contributed by atoms with van der Waals surface area (Å²) >= 11 is 0. The van der Waals surface area contributed by atoms with Gasteiger partial charge in [0.15, 0.2) is 11.5 Å². The fourth-order valence-corrected chi connectivity index (χ4v) is 2.78. The fraction of sp³-hybridized carbons (Fsp3) is 0.250. The normalized spacial score (nSPS) is 11.1. The molecule has 0 amide bonds. The number of rotatable bonds is 6. The molecular formula is C20H20FNO4. The van der Waals surface area contributed by atoms with Gasteiger partial charge >= 0.3 is 0 Å². The van der Waals surface area contributed by atoms with Crippen LogP contribution in [0.5, 0.6) is 11.6 Å². The molecule has 5 nitrogen and oxygen atoms in total. The average Bonchev–Trinajstić information content (AvgIpc) is 3.20. The van der Waals surface area contributed by atoms with Crippen LogP contribution in [0.4, 0.5) is 4.39 Å². The number of aromatic nitrogens is 1. The molecule has 0 radical (unpaired) electrons. The molecule has 26 heavy (non-hydrogen) atoms. The Morgan fingerprint density at radius 2 is 1.92 bits per heavy atom. The Bertz CT molecular complexity index is 922. The molecule has 6 heteroatoms. The molecule has 0 spiro atoms. The smallest absolute Gasteiger partial charge is 0.235 e. The minimum absolute atomic E-state index is 0.0314. The third-order valence-electron chi connectivity index (χ3n) is 4.14. The minimum atomic E-state index is -0.373. The number of ketones is 1. The summed E-state index contributed by atoms with van der Waals surface area (Å²) in [6.45, 7) is 3.78. The van der Waals surface area contributed by atoms with Crippen molar-refractivity contribution in [3.8, 4) is 11.6 Å². The van der Waals surface area contributed by atoms with Crippen molar-refractivity contribution in [3.63, 3.8) is 0 Å². The van der Waals surface area contributed by atoms with Crippen molar-refractivity contribution in [2.24, 2.45) is 0 Å². The van der Waals surface area contributed by atoms with Gasteiger partial charge in [-0.3, -0.25) is 4.79 Å².